The maximum Gasteiger partial charge on any atom is 0.409 e. The van der Waals surface area contributed by atoms with Gasteiger partial charge in [-0.1, -0.05) is 27.7 Å². The van der Waals surface area contributed by atoms with Crippen LogP contribution >= 0.6 is 0 Å². The zero-order valence-electron chi connectivity index (χ0n) is 14.1. The Balaban J connectivity index is 0. The molecule has 0 aliphatic heterocycles. The fourth-order valence-corrected chi connectivity index (χ4v) is 1.50. The van der Waals surface area contributed by atoms with Crippen LogP contribution in [0.3, 0.4) is 0 Å². The number of aliphatic hydroxyl groups is 1. The normalized spacial score (nSPS) is 9.76. The quantitative estimate of drug-likeness (QED) is 0.560. The largest absolute Gasteiger partial charge is 0.447 e. The van der Waals surface area contributed by atoms with Gasteiger partial charge in [-0.05, 0) is 12.8 Å². The van der Waals surface area contributed by atoms with E-state index >= 15 is 0 Å². The molecule has 6 heteroatoms. The second kappa shape index (κ2) is 19.1. The molecule has 1 amide bonds. The van der Waals surface area contributed by atoms with E-state index in [-0.39, 0.29) is 19.3 Å². The molecular formula is C15H33NO5. The van der Waals surface area contributed by atoms with Crippen LogP contribution in [0.25, 0.3) is 0 Å². The lowest BCUT2D eigenvalue weighted by Crippen LogP contribution is -2.33. The highest BCUT2D eigenvalue weighted by Gasteiger charge is 2.12. The second-order valence-corrected chi connectivity index (χ2v) is 4.05. The first kappa shape index (κ1) is 22.4. The van der Waals surface area contributed by atoms with Crippen molar-refractivity contribution in [3.8, 4) is 0 Å². The van der Waals surface area contributed by atoms with Gasteiger partial charge < -0.3 is 24.2 Å². The van der Waals surface area contributed by atoms with E-state index in [0.29, 0.717) is 26.4 Å². The average molecular weight is 307 g/mol. The van der Waals surface area contributed by atoms with E-state index < -0.39 is 0 Å². The van der Waals surface area contributed by atoms with E-state index in [0.717, 1.165) is 25.9 Å². The molecule has 0 spiro atoms. The van der Waals surface area contributed by atoms with E-state index in [9.17, 15) is 4.79 Å². The molecule has 6 nitrogen and oxygen atoms in total. The van der Waals surface area contributed by atoms with Gasteiger partial charge in [0, 0.05) is 13.1 Å². The summed E-state index contributed by atoms with van der Waals surface area (Å²) in [5, 5.41) is 8.48. The Kier molecular flexibility index (Phi) is 20.5. The molecule has 1 N–H and O–H groups in total. The highest BCUT2D eigenvalue weighted by Crippen LogP contribution is 1.98. The topological polar surface area (TPSA) is 68.2 Å². The van der Waals surface area contributed by atoms with Crippen LogP contribution in [0.2, 0.25) is 0 Å². The van der Waals surface area contributed by atoms with Crippen molar-refractivity contribution in [1.29, 1.82) is 0 Å². The molecule has 0 heterocycles. The summed E-state index contributed by atoms with van der Waals surface area (Å²) in [5.74, 6) is 0. The fourth-order valence-electron chi connectivity index (χ4n) is 1.50. The van der Waals surface area contributed by atoms with Gasteiger partial charge in [-0.3, -0.25) is 0 Å². The molecule has 0 atom stereocenters. The van der Waals surface area contributed by atoms with Crippen molar-refractivity contribution in [1.82, 2.24) is 4.90 Å². The van der Waals surface area contributed by atoms with Gasteiger partial charge in [0.1, 0.15) is 6.61 Å². The standard InChI is InChI=1S/C13H27NO5.C2H6/c1-3-5-14(6-4-2)13(16)19-12-11-18-10-9-17-8-7-15;1-2/h15H,3-12H2,1-2H3;1-2H3. The number of ether oxygens (including phenoxy) is 3. The van der Waals surface area contributed by atoms with Crippen LogP contribution in [0.15, 0.2) is 0 Å². The summed E-state index contributed by atoms with van der Waals surface area (Å²) in [6.45, 7) is 11.3. The molecule has 0 aromatic heterocycles. The molecule has 0 fully saturated rings. The third-order valence-electron chi connectivity index (χ3n) is 2.31. The average Bonchev–Trinajstić information content (AvgIpc) is 2.51. The molecule has 0 saturated heterocycles. The van der Waals surface area contributed by atoms with Gasteiger partial charge in [0.05, 0.1) is 33.0 Å². The maximum absolute atomic E-state index is 11.7. The summed E-state index contributed by atoms with van der Waals surface area (Å²) >= 11 is 0. The van der Waals surface area contributed by atoms with Crippen LogP contribution in [-0.2, 0) is 14.2 Å². The van der Waals surface area contributed by atoms with Gasteiger partial charge in [0.2, 0.25) is 0 Å². The first-order chi connectivity index (χ1) is 10.3. The van der Waals surface area contributed by atoms with E-state index in [2.05, 4.69) is 0 Å². The lowest BCUT2D eigenvalue weighted by molar-refractivity contribution is 0.0142. The minimum Gasteiger partial charge on any atom is -0.447 e. The maximum atomic E-state index is 11.7. The number of carbonyl (C=O) groups excluding carboxylic acids is 1. The van der Waals surface area contributed by atoms with Crippen LogP contribution in [-0.4, -0.2) is 68.8 Å². The van der Waals surface area contributed by atoms with Crippen LogP contribution in [0.1, 0.15) is 40.5 Å². The minimum atomic E-state index is -0.274. The Morgan fingerprint density at radius 1 is 0.905 bits per heavy atom. The lowest BCUT2D eigenvalue weighted by Gasteiger charge is -2.20. The lowest BCUT2D eigenvalue weighted by atomic mass is 10.4. The summed E-state index contributed by atoms with van der Waals surface area (Å²) in [6.07, 6.45) is 1.57. The number of hydrogen-bond donors (Lipinski definition) is 1. The van der Waals surface area contributed by atoms with Crippen LogP contribution in [0.5, 0.6) is 0 Å². The van der Waals surface area contributed by atoms with Gasteiger partial charge in [-0.25, -0.2) is 4.79 Å². The zero-order valence-corrected chi connectivity index (χ0v) is 14.1. The fraction of sp³-hybridized carbons (Fsp3) is 0.933. The van der Waals surface area contributed by atoms with Crippen molar-refractivity contribution in [2.45, 2.75) is 40.5 Å². The monoisotopic (exact) mass is 307 g/mol. The van der Waals surface area contributed by atoms with Crippen LogP contribution < -0.4 is 0 Å². The summed E-state index contributed by atoms with van der Waals surface area (Å²) in [4.78, 5) is 13.4. The Morgan fingerprint density at radius 3 is 1.86 bits per heavy atom. The molecule has 0 aliphatic carbocycles. The number of nitrogens with zero attached hydrogens (tertiary/aromatic N) is 1. The predicted molar refractivity (Wildman–Crippen MR) is 83.6 cm³/mol. The Bertz CT molecular complexity index is 208. The highest BCUT2D eigenvalue weighted by atomic mass is 16.6. The van der Waals surface area contributed by atoms with Crippen molar-refractivity contribution in [3.63, 3.8) is 0 Å². The second-order valence-electron chi connectivity index (χ2n) is 4.05. The van der Waals surface area contributed by atoms with Gasteiger partial charge in [-0.15, -0.1) is 0 Å². The van der Waals surface area contributed by atoms with E-state index in [1.54, 1.807) is 4.90 Å². The summed E-state index contributed by atoms with van der Waals surface area (Å²) in [6, 6.07) is 0. The Hall–Kier alpha value is -0.850. The summed E-state index contributed by atoms with van der Waals surface area (Å²) in [5.41, 5.74) is 0. The van der Waals surface area contributed by atoms with Gasteiger partial charge in [0.25, 0.3) is 0 Å². The number of rotatable bonds is 12. The Morgan fingerprint density at radius 2 is 1.38 bits per heavy atom. The van der Waals surface area contributed by atoms with Crippen molar-refractivity contribution in [2.24, 2.45) is 0 Å². The first-order valence-corrected chi connectivity index (χ1v) is 7.94. The molecule has 0 saturated carbocycles. The highest BCUT2D eigenvalue weighted by molar-refractivity contribution is 5.67. The number of amides is 1. The molecule has 0 unspecified atom stereocenters. The van der Waals surface area contributed by atoms with Crippen molar-refractivity contribution >= 4 is 6.09 Å². The van der Waals surface area contributed by atoms with E-state index in [1.807, 2.05) is 27.7 Å². The molecule has 21 heavy (non-hydrogen) atoms. The summed E-state index contributed by atoms with van der Waals surface area (Å²) in [7, 11) is 0. The molecule has 128 valence electrons. The molecule has 0 aromatic rings. The third-order valence-corrected chi connectivity index (χ3v) is 2.31. The van der Waals surface area contributed by atoms with Gasteiger partial charge in [-0.2, -0.15) is 0 Å². The number of hydrogen-bond acceptors (Lipinski definition) is 5. The number of aliphatic hydroxyl groups excluding tert-OH is 1. The smallest absolute Gasteiger partial charge is 0.409 e. The van der Waals surface area contributed by atoms with Crippen molar-refractivity contribution < 1.29 is 24.1 Å². The van der Waals surface area contributed by atoms with Crippen LogP contribution in [0.4, 0.5) is 4.79 Å². The number of carbonyl (C=O) groups is 1. The van der Waals surface area contributed by atoms with Crippen molar-refractivity contribution in [2.75, 3.05) is 52.7 Å². The van der Waals surface area contributed by atoms with Crippen LogP contribution in [0, 0.1) is 0 Å². The predicted octanol–water partition coefficient (Wildman–Crippen LogP) is 2.30. The molecular weight excluding hydrogens is 274 g/mol. The van der Waals surface area contributed by atoms with Gasteiger partial charge >= 0.3 is 6.09 Å². The molecule has 0 aromatic carbocycles. The molecule has 0 radical (unpaired) electrons. The molecule has 0 aliphatic rings. The minimum absolute atomic E-state index is 0.0162. The van der Waals surface area contributed by atoms with E-state index in [4.69, 9.17) is 19.3 Å². The zero-order chi connectivity index (χ0) is 16.3. The SMILES string of the molecule is CC.CCCN(CCC)C(=O)OCCOCCOCCO. The first-order valence-electron chi connectivity index (χ1n) is 7.94. The van der Waals surface area contributed by atoms with Gasteiger partial charge in [0.15, 0.2) is 0 Å². The molecule has 0 bridgehead atoms. The third kappa shape index (κ3) is 15.4. The summed E-state index contributed by atoms with van der Waals surface area (Å²) < 4.78 is 15.4. The van der Waals surface area contributed by atoms with Crippen molar-refractivity contribution in [3.05, 3.63) is 0 Å². The Labute approximate surface area is 129 Å². The molecule has 0 rings (SSSR count). The van der Waals surface area contributed by atoms with E-state index in [1.165, 1.54) is 0 Å².